The molecule has 0 amide bonds. The fraction of sp³-hybridized carbons (Fsp3) is 0.647. The third-order valence-electron chi connectivity index (χ3n) is 4.43. The van der Waals surface area contributed by atoms with Crippen molar-refractivity contribution in [1.29, 1.82) is 0 Å². The molecule has 1 aliphatic heterocycles. The van der Waals surface area contributed by atoms with Crippen molar-refractivity contribution >= 4 is 0 Å². The Morgan fingerprint density at radius 2 is 1.95 bits per heavy atom. The molecule has 2 unspecified atom stereocenters. The van der Waals surface area contributed by atoms with Crippen molar-refractivity contribution in [2.24, 2.45) is 11.7 Å². The lowest BCUT2D eigenvalue weighted by molar-refractivity contribution is 0.182. The second-order valence-electron chi connectivity index (χ2n) is 6.36. The lowest BCUT2D eigenvalue weighted by Gasteiger charge is -2.36. The van der Waals surface area contributed by atoms with Crippen LogP contribution < -0.4 is 10.5 Å². The highest BCUT2D eigenvalue weighted by Crippen LogP contribution is 2.33. The smallest absolute Gasteiger partial charge is 0.119 e. The first-order valence-electron chi connectivity index (χ1n) is 7.95. The Kier molecular flexibility index (Phi) is 4.27. The first kappa shape index (κ1) is 13.9. The second-order valence-corrected chi connectivity index (χ2v) is 6.36. The van der Waals surface area contributed by atoms with Crippen molar-refractivity contribution in [3.8, 4) is 5.75 Å². The molecule has 1 aromatic rings. The van der Waals surface area contributed by atoms with E-state index in [4.69, 9.17) is 10.5 Å². The highest BCUT2D eigenvalue weighted by molar-refractivity contribution is 5.30. The minimum atomic E-state index is 0.319. The van der Waals surface area contributed by atoms with Crippen LogP contribution in [0.15, 0.2) is 24.3 Å². The van der Waals surface area contributed by atoms with E-state index in [-0.39, 0.29) is 0 Å². The average molecular weight is 274 g/mol. The zero-order valence-electron chi connectivity index (χ0n) is 12.4. The zero-order chi connectivity index (χ0) is 13.9. The summed E-state index contributed by atoms with van der Waals surface area (Å²) in [6, 6.07) is 8.92. The molecule has 1 heterocycles. The Hall–Kier alpha value is -1.06. The van der Waals surface area contributed by atoms with E-state index < -0.39 is 0 Å². The predicted octanol–water partition coefficient (Wildman–Crippen LogP) is 2.61. The van der Waals surface area contributed by atoms with Gasteiger partial charge in [0, 0.05) is 25.7 Å². The van der Waals surface area contributed by atoms with Gasteiger partial charge in [-0.15, -0.1) is 0 Å². The van der Waals surface area contributed by atoms with E-state index in [9.17, 15) is 0 Å². The summed E-state index contributed by atoms with van der Waals surface area (Å²) in [5.74, 6) is 2.49. The molecule has 0 spiro atoms. The Morgan fingerprint density at radius 1 is 1.20 bits per heavy atom. The van der Waals surface area contributed by atoms with Crippen LogP contribution in [0, 0.1) is 5.92 Å². The van der Waals surface area contributed by atoms with Crippen LogP contribution in [0.5, 0.6) is 5.75 Å². The molecular weight excluding hydrogens is 248 g/mol. The molecule has 3 nitrogen and oxygen atoms in total. The van der Waals surface area contributed by atoms with E-state index >= 15 is 0 Å². The molecule has 20 heavy (non-hydrogen) atoms. The number of nitrogens with zero attached hydrogens (tertiary/aromatic N) is 1. The summed E-state index contributed by atoms with van der Waals surface area (Å²) >= 11 is 0. The summed E-state index contributed by atoms with van der Waals surface area (Å²) in [4.78, 5) is 2.58. The van der Waals surface area contributed by atoms with Crippen molar-refractivity contribution in [3.63, 3.8) is 0 Å². The maximum absolute atomic E-state index is 6.26. The van der Waals surface area contributed by atoms with Gasteiger partial charge in [0.1, 0.15) is 5.75 Å². The molecule has 2 N–H and O–H groups in total. The SMILES string of the molecule is CCOc1ccc(C2CC(N)CN(CC3CC3)C2)cc1. The van der Waals surface area contributed by atoms with E-state index in [0.29, 0.717) is 12.0 Å². The zero-order valence-corrected chi connectivity index (χ0v) is 12.4. The Bertz CT molecular complexity index is 425. The number of nitrogens with two attached hydrogens (primary N) is 1. The quantitative estimate of drug-likeness (QED) is 0.897. The van der Waals surface area contributed by atoms with Gasteiger partial charge in [-0.2, -0.15) is 0 Å². The first-order chi connectivity index (χ1) is 9.74. The van der Waals surface area contributed by atoms with Gasteiger partial charge >= 0.3 is 0 Å². The van der Waals surface area contributed by atoms with E-state index in [0.717, 1.165) is 37.8 Å². The van der Waals surface area contributed by atoms with Crippen LogP contribution >= 0.6 is 0 Å². The van der Waals surface area contributed by atoms with Gasteiger partial charge in [0.15, 0.2) is 0 Å². The van der Waals surface area contributed by atoms with Gasteiger partial charge in [-0.25, -0.2) is 0 Å². The van der Waals surface area contributed by atoms with Crippen LogP contribution in [0.3, 0.4) is 0 Å². The third-order valence-corrected chi connectivity index (χ3v) is 4.43. The lowest BCUT2D eigenvalue weighted by Crippen LogP contribution is -2.46. The Balaban J connectivity index is 1.64. The molecule has 0 bridgehead atoms. The number of benzene rings is 1. The van der Waals surface area contributed by atoms with Gasteiger partial charge in [0.05, 0.1) is 6.61 Å². The van der Waals surface area contributed by atoms with Crippen LogP contribution in [0.4, 0.5) is 0 Å². The molecule has 110 valence electrons. The van der Waals surface area contributed by atoms with Crippen molar-refractivity contribution in [1.82, 2.24) is 4.90 Å². The molecule has 2 atom stereocenters. The topological polar surface area (TPSA) is 38.5 Å². The number of ether oxygens (including phenoxy) is 1. The van der Waals surface area contributed by atoms with E-state index in [1.54, 1.807) is 0 Å². The van der Waals surface area contributed by atoms with Gasteiger partial charge in [-0.1, -0.05) is 12.1 Å². The standard InChI is InChI=1S/C17H26N2O/c1-2-20-17-7-5-14(6-8-17)15-9-16(18)12-19(11-15)10-13-3-4-13/h5-8,13,15-16H,2-4,9-12,18H2,1H3. The minimum absolute atomic E-state index is 0.319. The van der Waals surface area contributed by atoms with E-state index in [1.807, 2.05) is 6.92 Å². The largest absolute Gasteiger partial charge is 0.494 e. The van der Waals surface area contributed by atoms with Crippen molar-refractivity contribution in [2.75, 3.05) is 26.2 Å². The summed E-state index contributed by atoms with van der Waals surface area (Å²) in [5.41, 5.74) is 7.67. The molecule has 1 aromatic carbocycles. The van der Waals surface area contributed by atoms with Crippen LogP contribution in [-0.4, -0.2) is 37.2 Å². The summed E-state index contributed by atoms with van der Waals surface area (Å²) in [5, 5.41) is 0. The fourth-order valence-electron chi connectivity index (χ4n) is 3.29. The molecule has 2 fully saturated rings. The van der Waals surface area contributed by atoms with Gasteiger partial charge in [0.25, 0.3) is 0 Å². The van der Waals surface area contributed by atoms with E-state index in [2.05, 4.69) is 29.2 Å². The average Bonchev–Trinajstić information content (AvgIpc) is 3.23. The predicted molar refractivity (Wildman–Crippen MR) is 82.1 cm³/mol. The molecule has 0 radical (unpaired) electrons. The molecular formula is C17H26N2O. The van der Waals surface area contributed by atoms with Crippen LogP contribution in [0.1, 0.15) is 37.7 Å². The summed E-state index contributed by atoms with van der Waals surface area (Å²) in [7, 11) is 0. The van der Waals surface area contributed by atoms with Gasteiger partial charge < -0.3 is 15.4 Å². The Labute approximate surface area is 122 Å². The third kappa shape index (κ3) is 3.53. The Morgan fingerprint density at radius 3 is 2.60 bits per heavy atom. The minimum Gasteiger partial charge on any atom is -0.494 e. The maximum Gasteiger partial charge on any atom is 0.119 e. The number of piperidine rings is 1. The van der Waals surface area contributed by atoms with Crippen molar-refractivity contribution in [2.45, 2.75) is 38.1 Å². The number of rotatable bonds is 5. The molecule has 1 aliphatic carbocycles. The number of hydrogen-bond donors (Lipinski definition) is 1. The summed E-state index contributed by atoms with van der Waals surface area (Å²) < 4.78 is 5.52. The van der Waals surface area contributed by atoms with E-state index in [1.165, 1.54) is 24.9 Å². The van der Waals surface area contributed by atoms with Crippen LogP contribution in [-0.2, 0) is 0 Å². The molecule has 2 aliphatic rings. The normalized spacial score (nSPS) is 27.5. The summed E-state index contributed by atoms with van der Waals surface area (Å²) in [6.07, 6.45) is 3.94. The fourth-order valence-corrected chi connectivity index (χ4v) is 3.29. The lowest BCUT2D eigenvalue weighted by atomic mass is 9.88. The van der Waals surface area contributed by atoms with Crippen LogP contribution in [0.25, 0.3) is 0 Å². The maximum atomic E-state index is 6.26. The van der Waals surface area contributed by atoms with Crippen molar-refractivity contribution < 1.29 is 4.74 Å². The van der Waals surface area contributed by atoms with Gasteiger partial charge in [-0.05, 0) is 55.7 Å². The first-order valence-corrected chi connectivity index (χ1v) is 7.95. The molecule has 3 heteroatoms. The van der Waals surface area contributed by atoms with Crippen LogP contribution in [0.2, 0.25) is 0 Å². The molecule has 1 saturated heterocycles. The van der Waals surface area contributed by atoms with Crippen molar-refractivity contribution in [3.05, 3.63) is 29.8 Å². The number of hydrogen-bond acceptors (Lipinski definition) is 3. The molecule has 0 aromatic heterocycles. The molecule has 3 rings (SSSR count). The highest BCUT2D eigenvalue weighted by atomic mass is 16.5. The highest BCUT2D eigenvalue weighted by Gasteiger charge is 2.30. The number of likely N-dealkylation sites (tertiary alicyclic amines) is 1. The second kappa shape index (κ2) is 6.15. The monoisotopic (exact) mass is 274 g/mol. The summed E-state index contributed by atoms with van der Waals surface area (Å²) in [6.45, 7) is 6.23. The molecule has 1 saturated carbocycles. The van der Waals surface area contributed by atoms with Gasteiger partial charge in [0.2, 0.25) is 0 Å². The van der Waals surface area contributed by atoms with Gasteiger partial charge in [-0.3, -0.25) is 0 Å².